The molecule has 3 nitrogen and oxygen atoms in total. The number of aryl methyl sites for hydroxylation is 2. The van der Waals surface area contributed by atoms with Crippen LogP contribution in [0.5, 0.6) is 5.75 Å². The third-order valence-electron chi connectivity index (χ3n) is 2.13. The fourth-order valence-electron chi connectivity index (χ4n) is 1.28. The van der Waals surface area contributed by atoms with Gasteiger partial charge in [-0.3, -0.25) is 0 Å². The van der Waals surface area contributed by atoms with Crippen molar-refractivity contribution in [2.75, 3.05) is 12.4 Å². The van der Waals surface area contributed by atoms with Crippen LogP contribution in [0.15, 0.2) is 18.2 Å². The van der Waals surface area contributed by atoms with Crippen LogP contribution in [-0.2, 0) is 9.05 Å². The summed E-state index contributed by atoms with van der Waals surface area (Å²) in [5.41, 5.74) is 2.16. The highest BCUT2D eigenvalue weighted by atomic mass is 35.7. The molecule has 0 N–H and O–H groups in total. The van der Waals surface area contributed by atoms with Crippen LogP contribution in [0.1, 0.15) is 17.5 Å². The second-order valence-electron chi connectivity index (χ2n) is 3.71. The summed E-state index contributed by atoms with van der Waals surface area (Å²) in [6.45, 7) is 4.29. The van der Waals surface area contributed by atoms with Crippen molar-refractivity contribution in [1.82, 2.24) is 0 Å². The predicted octanol–water partition coefficient (Wildman–Crippen LogP) is 2.64. The summed E-state index contributed by atoms with van der Waals surface area (Å²) >= 11 is 0. The van der Waals surface area contributed by atoms with Crippen molar-refractivity contribution < 1.29 is 13.2 Å². The minimum absolute atomic E-state index is 0.0561. The zero-order valence-corrected chi connectivity index (χ0v) is 10.9. The molecule has 90 valence electrons. The Bertz CT molecular complexity index is 454. The van der Waals surface area contributed by atoms with E-state index < -0.39 is 9.05 Å². The van der Waals surface area contributed by atoms with E-state index in [0.29, 0.717) is 13.0 Å². The first-order valence-corrected chi connectivity index (χ1v) is 7.49. The maximum Gasteiger partial charge on any atom is 0.232 e. The molecule has 1 rings (SSSR count). The molecular weight excluding hydrogens is 248 g/mol. The van der Waals surface area contributed by atoms with Crippen LogP contribution in [0.25, 0.3) is 0 Å². The van der Waals surface area contributed by atoms with Crippen LogP contribution >= 0.6 is 10.7 Å². The van der Waals surface area contributed by atoms with E-state index in [-0.39, 0.29) is 5.75 Å². The van der Waals surface area contributed by atoms with Crippen molar-refractivity contribution >= 4 is 19.7 Å². The highest BCUT2D eigenvalue weighted by molar-refractivity contribution is 8.13. The molecule has 0 saturated carbocycles. The fraction of sp³-hybridized carbons (Fsp3) is 0.455. The highest BCUT2D eigenvalue weighted by Gasteiger charge is 2.05. The Hall–Kier alpha value is -0.740. The van der Waals surface area contributed by atoms with Gasteiger partial charge in [0.1, 0.15) is 5.75 Å². The quantitative estimate of drug-likeness (QED) is 0.605. The normalized spacial score (nSPS) is 11.4. The molecule has 0 spiro atoms. The monoisotopic (exact) mass is 262 g/mol. The second-order valence-corrected chi connectivity index (χ2v) is 6.61. The molecule has 0 aromatic heterocycles. The van der Waals surface area contributed by atoms with Gasteiger partial charge in [-0.2, -0.15) is 0 Å². The molecule has 1 aromatic carbocycles. The average molecular weight is 263 g/mol. The lowest BCUT2D eigenvalue weighted by atomic mass is 10.1. The third kappa shape index (κ3) is 4.86. The Kier molecular flexibility index (Phi) is 4.62. The van der Waals surface area contributed by atoms with Gasteiger partial charge < -0.3 is 4.74 Å². The number of benzene rings is 1. The molecular formula is C11H15ClO3S. The summed E-state index contributed by atoms with van der Waals surface area (Å²) in [5.74, 6) is 0.742. The van der Waals surface area contributed by atoms with Gasteiger partial charge in [-0.05, 0) is 37.5 Å². The van der Waals surface area contributed by atoms with Crippen molar-refractivity contribution in [3.05, 3.63) is 29.3 Å². The summed E-state index contributed by atoms with van der Waals surface area (Å²) in [5, 5.41) is 0. The van der Waals surface area contributed by atoms with Gasteiger partial charge in [0.05, 0.1) is 12.4 Å². The van der Waals surface area contributed by atoms with E-state index in [9.17, 15) is 8.42 Å². The zero-order chi connectivity index (χ0) is 12.2. The van der Waals surface area contributed by atoms with Crippen LogP contribution in [0.4, 0.5) is 0 Å². The number of rotatable bonds is 5. The maximum absolute atomic E-state index is 10.7. The van der Waals surface area contributed by atoms with E-state index in [1.807, 2.05) is 32.0 Å². The summed E-state index contributed by atoms with van der Waals surface area (Å²) in [6.07, 6.45) is 0.402. The van der Waals surface area contributed by atoms with Gasteiger partial charge in [0.25, 0.3) is 0 Å². The zero-order valence-electron chi connectivity index (χ0n) is 9.36. The van der Waals surface area contributed by atoms with Gasteiger partial charge in [0.2, 0.25) is 9.05 Å². The number of hydrogen-bond donors (Lipinski definition) is 0. The van der Waals surface area contributed by atoms with E-state index in [4.69, 9.17) is 15.4 Å². The molecule has 0 fully saturated rings. The van der Waals surface area contributed by atoms with Gasteiger partial charge in [0, 0.05) is 10.7 Å². The summed E-state index contributed by atoms with van der Waals surface area (Å²) in [7, 11) is 1.68. The van der Waals surface area contributed by atoms with Crippen LogP contribution in [0.3, 0.4) is 0 Å². The molecule has 16 heavy (non-hydrogen) atoms. The highest BCUT2D eigenvalue weighted by Crippen LogP contribution is 2.19. The summed E-state index contributed by atoms with van der Waals surface area (Å²) in [4.78, 5) is 0. The summed E-state index contributed by atoms with van der Waals surface area (Å²) in [6, 6.07) is 5.92. The molecule has 0 aliphatic carbocycles. The number of ether oxygens (including phenoxy) is 1. The van der Waals surface area contributed by atoms with Gasteiger partial charge in [-0.15, -0.1) is 0 Å². The molecule has 1 aromatic rings. The second kappa shape index (κ2) is 5.55. The van der Waals surface area contributed by atoms with Crippen molar-refractivity contribution in [3.8, 4) is 5.75 Å². The molecule has 0 aliphatic rings. The minimum Gasteiger partial charge on any atom is -0.493 e. The first-order valence-electron chi connectivity index (χ1n) is 5.01. The SMILES string of the molecule is Cc1ccc(C)c(OCCCS(=O)(=O)Cl)c1. The van der Waals surface area contributed by atoms with Gasteiger partial charge in [0.15, 0.2) is 0 Å². The van der Waals surface area contributed by atoms with Crippen molar-refractivity contribution in [3.63, 3.8) is 0 Å². The molecule has 5 heteroatoms. The van der Waals surface area contributed by atoms with Crippen molar-refractivity contribution in [1.29, 1.82) is 0 Å². The average Bonchev–Trinajstić information content (AvgIpc) is 2.16. The van der Waals surface area contributed by atoms with Crippen molar-refractivity contribution in [2.24, 2.45) is 0 Å². The Morgan fingerprint density at radius 1 is 1.31 bits per heavy atom. The van der Waals surface area contributed by atoms with E-state index in [1.54, 1.807) is 0 Å². The maximum atomic E-state index is 10.7. The Balaban J connectivity index is 2.46. The standard InChI is InChI=1S/C11H15ClO3S/c1-9-4-5-10(2)11(8-9)15-6-3-7-16(12,13)14/h4-5,8H,3,6-7H2,1-2H3. The Labute approximate surface area is 101 Å². The molecule has 0 aliphatic heterocycles. The predicted molar refractivity (Wildman–Crippen MR) is 65.7 cm³/mol. The third-order valence-corrected chi connectivity index (χ3v) is 3.37. The minimum atomic E-state index is -3.40. The first kappa shape index (κ1) is 13.3. The van der Waals surface area contributed by atoms with E-state index >= 15 is 0 Å². The molecule has 0 unspecified atom stereocenters. The van der Waals surface area contributed by atoms with Crippen LogP contribution in [0.2, 0.25) is 0 Å². The van der Waals surface area contributed by atoms with E-state index in [1.165, 1.54) is 0 Å². The fourth-order valence-corrected chi connectivity index (χ4v) is 2.07. The molecule has 0 saturated heterocycles. The van der Waals surface area contributed by atoms with Gasteiger partial charge >= 0.3 is 0 Å². The molecule has 0 bridgehead atoms. The van der Waals surface area contributed by atoms with Crippen LogP contribution in [0, 0.1) is 13.8 Å². The topological polar surface area (TPSA) is 43.4 Å². The first-order chi connectivity index (χ1) is 7.38. The molecule has 0 heterocycles. The van der Waals surface area contributed by atoms with Gasteiger partial charge in [-0.25, -0.2) is 8.42 Å². The molecule has 0 radical (unpaired) electrons. The molecule has 0 amide bonds. The largest absolute Gasteiger partial charge is 0.493 e. The lowest BCUT2D eigenvalue weighted by Crippen LogP contribution is -2.05. The lowest BCUT2D eigenvalue weighted by molar-refractivity contribution is 0.315. The van der Waals surface area contributed by atoms with Crippen LogP contribution in [-0.4, -0.2) is 20.8 Å². The lowest BCUT2D eigenvalue weighted by Gasteiger charge is -2.09. The van der Waals surface area contributed by atoms with E-state index in [2.05, 4.69) is 0 Å². The Morgan fingerprint density at radius 3 is 2.62 bits per heavy atom. The number of hydrogen-bond acceptors (Lipinski definition) is 3. The van der Waals surface area contributed by atoms with Crippen molar-refractivity contribution in [2.45, 2.75) is 20.3 Å². The summed E-state index contributed by atoms with van der Waals surface area (Å²) < 4.78 is 26.8. The number of halogens is 1. The Morgan fingerprint density at radius 2 is 2.00 bits per heavy atom. The van der Waals surface area contributed by atoms with Crippen LogP contribution < -0.4 is 4.74 Å². The molecule has 0 atom stereocenters. The van der Waals surface area contributed by atoms with E-state index in [0.717, 1.165) is 16.9 Å². The smallest absolute Gasteiger partial charge is 0.232 e. The van der Waals surface area contributed by atoms with Gasteiger partial charge in [-0.1, -0.05) is 12.1 Å².